The third-order valence-electron chi connectivity index (χ3n) is 2.00. The van der Waals surface area contributed by atoms with Gasteiger partial charge in [-0.05, 0) is 30.0 Å². The summed E-state index contributed by atoms with van der Waals surface area (Å²) in [5.74, 6) is 6.44. The van der Waals surface area contributed by atoms with Gasteiger partial charge in [0.15, 0.2) is 0 Å². The molecule has 0 fully saturated rings. The van der Waals surface area contributed by atoms with E-state index in [2.05, 4.69) is 37.8 Å². The second kappa shape index (κ2) is 5.89. The molecule has 1 aromatic rings. The molecule has 0 aliphatic carbocycles. The number of benzene rings is 1. The molecular weight excluding hydrogens is 182 g/mol. The van der Waals surface area contributed by atoms with Crippen molar-refractivity contribution in [2.45, 2.75) is 26.7 Å². The van der Waals surface area contributed by atoms with Crippen molar-refractivity contribution in [1.29, 1.82) is 5.26 Å². The molecule has 1 rings (SSSR count). The quantitative estimate of drug-likeness (QED) is 0.668. The van der Waals surface area contributed by atoms with Gasteiger partial charge in [-0.2, -0.15) is 5.26 Å². The maximum absolute atomic E-state index is 8.34. The summed E-state index contributed by atoms with van der Waals surface area (Å²) in [5, 5.41) is 8.34. The Balaban J connectivity index is 2.66. The average Bonchev–Trinajstić information content (AvgIpc) is 2.20. The Morgan fingerprint density at radius 2 is 1.87 bits per heavy atom. The topological polar surface area (TPSA) is 23.8 Å². The molecule has 0 bridgehead atoms. The van der Waals surface area contributed by atoms with Crippen LogP contribution in [0.15, 0.2) is 24.3 Å². The van der Waals surface area contributed by atoms with E-state index in [0.717, 1.165) is 12.0 Å². The second-order valence-electron chi connectivity index (χ2n) is 3.93. The third-order valence-corrected chi connectivity index (χ3v) is 2.00. The highest BCUT2D eigenvalue weighted by molar-refractivity contribution is 5.36. The first-order chi connectivity index (χ1) is 7.22. The zero-order chi connectivity index (χ0) is 11.1. The second-order valence-corrected chi connectivity index (χ2v) is 3.93. The predicted octanol–water partition coefficient (Wildman–Crippen LogP) is 3.15. The molecule has 0 spiro atoms. The number of nitriles is 1. The number of hydrogen-bond acceptors (Lipinski definition) is 1. The molecule has 0 N–H and O–H groups in total. The van der Waals surface area contributed by atoms with E-state index in [1.165, 1.54) is 5.56 Å². The number of nitrogens with zero attached hydrogens (tertiary/aromatic N) is 1. The maximum Gasteiger partial charge on any atom is 0.0966 e. The Kier molecular flexibility index (Phi) is 4.45. The molecule has 0 aliphatic rings. The molecule has 0 saturated heterocycles. The fraction of sp³-hybridized carbons (Fsp3) is 0.357. The van der Waals surface area contributed by atoms with Gasteiger partial charge in [-0.1, -0.05) is 37.8 Å². The molecule has 1 nitrogen and oxygen atoms in total. The summed E-state index contributed by atoms with van der Waals surface area (Å²) in [5.41, 5.74) is 2.33. The van der Waals surface area contributed by atoms with Gasteiger partial charge in [-0.3, -0.25) is 0 Å². The predicted molar refractivity (Wildman–Crippen MR) is 62.1 cm³/mol. The van der Waals surface area contributed by atoms with Gasteiger partial charge in [0.05, 0.1) is 12.5 Å². The van der Waals surface area contributed by atoms with Crippen LogP contribution < -0.4 is 0 Å². The van der Waals surface area contributed by atoms with Crippen LogP contribution in [0.3, 0.4) is 0 Å². The minimum absolute atomic E-state index is 0.299. The summed E-state index contributed by atoms with van der Waals surface area (Å²) in [4.78, 5) is 0. The lowest BCUT2D eigenvalue weighted by molar-refractivity contribution is 0.647. The van der Waals surface area contributed by atoms with Crippen LogP contribution in [-0.2, 0) is 6.42 Å². The van der Waals surface area contributed by atoms with Crippen LogP contribution >= 0.6 is 0 Å². The molecule has 0 heterocycles. The van der Waals surface area contributed by atoms with Crippen LogP contribution in [0, 0.1) is 29.1 Å². The zero-order valence-electron chi connectivity index (χ0n) is 9.25. The Morgan fingerprint density at radius 3 is 2.40 bits per heavy atom. The molecule has 0 unspecified atom stereocenters. The molecule has 76 valence electrons. The largest absolute Gasteiger partial charge is 0.197 e. The highest BCUT2D eigenvalue weighted by Gasteiger charge is 1.96. The van der Waals surface area contributed by atoms with E-state index < -0.39 is 0 Å². The van der Waals surface area contributed by atoms with E-state index in [1.54, 1.807) is 0 Å². The molecule has 0 amide bonds. The lowest BCUT2D eigenvalue weighted by Gasteiger charge is -2.03. The van der Waals surface area contributed by atoms with Crippen LogP contribution in [0.1, 0.15) is 31.4 Å². The van der Waals surface area contributed by atoms with Crippen LogP contribution in [0.2, 0.25) is 0 Å². The van der Waals surface area contributed by atoms with Gasteiger partial charge in [0, 0.05) is 5.56 Å². The van der Waals surface area contributed by atoms with Gasteiger partial charge in [-0.25, -0.2) is 0 Å². The lowest BCUT2D eigenvalue weighted by Crippen LogP contribution is -1.93. The van der Waals surface area contributed by atoms with Gasteiger partial charge in [0.1, 0.15) is 0 Å². The Hall–Kier alpha value is -1.73. The first kappa shape index (κ1) is 11.3. The van der Waals surface area contributed by atoms with Crippen molar-refractivity contribution in [2.75, 3.05) is 0 Å². The minimum atomic E-state index is 0.299. The molecule has 0 atom stereocenters. The summed E-state index contributed by atoms with van der Waals surface area (Å²) in [6, 6.07) is 10.2. The van der Waals surface area contributed by atoms with Crippen molar-refractivity contribution >= 4 is 0 Å². The Bertz CT molecular complexity index is 396. The van der Waals surface area contributed by atoms with Crippen LogP contribution in [0.5, 0.6) is 0 Å². The number of hydrogen-bond donors (Lipinski definition) is 0. The van der Waals surface area contributed by atoms with Crippen molar-refractivity contribution in [3.63, 3.8) is 0 Å². The monoisotopic (exact) mass is 197 g/mol. The van der Waals surface area contributed by atoms with Crippen molar-refractivity contribution in [1.82, 2.24) is 0 Å². The smallest absolute Gasteiger partial charge is 0.0966 e. The number of rotatable bonds is 2. The molecular formula is C14H15N. The Labute approximate surface area is 91.7 Å². The summed E-state index contributed by atoms with van der Waals surface area (Å²) in [6.07, 6.45) is 1.40. The van der Waals surface area contributed by atoms with Crippen LogP contribution in [0.4, 0.5) is 0 Å². The van der Waals surface area contributed by atoms with Gasteiger partial charge in [0.25, 0.3) is 0 Å². The van der Waals surface area contributed by atoms with Crippen molar-refractivity contribution < 1.29 is 0 Å². The van der Waals surface area contributed by atoms with E-state index in [-0.39, 0.29) is 0 Å². The summed E-state index contributed by atoms with van der Waals surface area (Å²) in [6.45, 7) is 4.42. The van der Waals surface area contributed by atoms with Gasteiger partial charge in [0.2, 0.25) is 0 Å². The summed E-state index contributed by atoms with van der Waals surface area (Å²) >= 11 is 0. The summed E-state index contributed by atoms with van der Waals surface area (Å²) < 4.78 is 0. The fourth-order valence-electron chi connectivity index (χ4n) is 1.38. The summed E-state index contributed by atoms with van der Waals surface area (Å²) in [7, 11) is 0. The van der Waals surface area contributed by atoms with Crippen LogP contribution in [-0.4, -0.2) is 0 Å². The average molecular weight is 197 g/mol. The van der Waals surface area contributed by atoms with Crippen molar-refractivity contribution in [3.8, 4) is 17.9 Å². The molecule has 0 aromatic heterocycles. The standard InChI is InChI=1S/C14H15N/c1-12(2)11-14-8-6-13(7-9-14)5-3-4-10-15/h6-9,12H,4,11H2,1-2H3. The maximum atomic E-state index is 8.34. The van der Waals surface area contributed by atoms with E-state index in [9.17, 15) is 0 Å². The highest BCUT2D eigenvalue weighted by Crippen LogP contribution is 2.09. The molecule has 1 heteroatoms. The van der Waals surface area contributed by atoms with E-state index in [1.807, 2.05) is 18.2 Å². The zero-order valence-corrected chi connectivity index (χ0v) is 9.25. The molecule has 1 aromatic carbocycles. The third kappa shape index (κ3) is 4.34. The van der Waals surface area contributed by atoms with Gasteiger partial charge < -0.3 is 0 Å². The first-order valence-corrected chi connectivity index (χ1v) is 5.17. The van der Waals surface area contributed by atoms with Crippen LogP contribution in [0.25, 0.3) is 0 Å². The highest BCUT2D eigenvalue weighted by atomic mass is 14.2. The minimum Gasteiger partial charge on any atom is -0.197 e. The van der Waals surface area contributed by atoms with Crippen molar-refractivity contribution in [3.05, 3.63) is 35.4 Å². The van der Waals surface area contributed by atoms with Crippen molar-refractivity contribution in [2.24, 2.45) is 5.92 Å². The molecule has 15 heavy (non-hydrogen) atoms. The lowest BCUT2D eigenvalue weighted by atomic mass is 10.0. The molecule has 0 saturated carbocycles. The fourth-order valence-corrected chi connectivity index (χ4v) is 1.38. The first-order valence-electron chi connectivity index (χ1n) is 5.17. The van der Waals surface area contributed by atoms with E-state index in [4.69, 9.17) is 5.26 Å². The molecule has 0 aliphatic heterocycles. The Morgan fingerprint density at radius 1 is 1.20 bits per heavy atom. The molecule has 0 radical (unpaired) electrons. The van der Waals surface area contributed by atoms with Gasteiger partial charge >= 0.3 is 0 Å². The van der Waals surface area contributed by atoms with E-state index >= 15 is 0 Å². The normalized spacial score (nSPS) is 9.20. The van der Waals surface area contributed by atoms with Gasteiger partial charge in [-0.15, -0.1) is 0 Å². The SMILES string of the molecule is CC(C)Cc1ccc(C#CCC#N)cc1. The van der Waals surface area contributed by atoms with E-state index in [0.29, 0.717) is 12.3 Å².